The van der Waals surface area contributed by atoms with E-state index in [0.717, 1.165) is 10.0 Å². The molecule has 0 unspecified atom stereocenters. The molecule has 1 aromatic carbocycles. The van der Waals surface area contributed by atoms with Gasteiger partial charge in [0.1, 0.15) is 5.82 Å². The number of aryl methyl sites for hydroxylation is 2. The Labute approximate surface area is 117 Å². The van der Waals surface area contributed by atoms with Gasteiger partial charge in [0.05, 0.1) is 5.69 Å². The van der Waals surface area contributed by atoms with E-state index in [9.17, 15) is 4.79 Å². The third kappa shape index (κ3) is 2.26. The monoisotopic (exact) mass is 329 g/mol. The van der Waals surface area contributed by atoms with Crippen LogP contribution in [0.2, 0.25) is 5.02 Å². The van der Waals surface area contributed by atoms with Gasteiger partial charge in [-0.15, -0.1) is 5.10 Å². The van der Waals surface area contributed by atoms with Crippen molar-refractivity contribution in [2.24, 2.45) is 0 Å². The van der Waals surface area contributed by atoms with Crippen LogP contribution in [-0.4, -0.2) is 25.8 Å². The topological polar surface area (TPSA) is 68.0 Å². The Morgan fingerprint density at radius 2 is 2.11 bits per heavy atom. The summed E-state index contributed by atoms with van der Waals surface area (Å²) in [6, 6.07) is 3.56. The number of carboxylic acids is 1. The second-order valence-corrected chi connectivity index (χ2v) is 5.01. The number of rotatable bonds is 2. The van der Waals surface area contributed by atoms with E-state index >= 15 is 0 Å². The molecule has 0 spiro atoms. The van der Waals surface area contributed by atoms with Crippen molar-refractivity contribution in [3.63, 3.8) is 0 Å². The zero-order chi connectivity index (χ0) is 13.4. The van der Waals surface area contributed by atoms with Crippen LogP contribution in [0.15, 0.2) is 16.6 Å². The molecule has 18 heavy (non-hydrogen) atoms. The van der Waals surface area contributed by atoms with Gasteiger partial charge < -0.3 is 5.11 Å². The Morgan fingerprint density at radius 1 is 1.44 bits per heavy atom. The van der Waals surface area contributed by atoms with Crippen LogP contribution in [0.5, 0.6) is 0 Å². The fourth-order valence-electron chi connectivity index (χ4n) is 1.51. The fourth-order valence-corrected chi connectivity index (χ4v) is 2.29. The number of hydrogen-bond acceptors (Lipinski definition) is 3. The highest BCUT2D eigenvalue weighted by atomic mass is 79.9. The molecular formula is C11H9BrClN3O2. The predicted molar refractivity (Wildman–Crippen MR) is 70.5 cm³/mol. The second-order valence-electron chi connectivity index (χ2n) is 3.75. The highest BCUT2D eigenvalue weighted by Crippen LogP contribution is 2.28. The van der Waals surface area contributed by atoms with E-state index in [2.05, 4.69) is 26.0 Å². The highest BCUT2D eigenvalue weighted by Gasteiger charge is 2.16. The molecule has 0 aliphatic carbocycles. The molecule has 0 radical (unpaired) electrons. The van der Waals surface area contributed by atoms with Gasteiger partial charge in [-0.2, -0.15) is 0 Å². The van der Waals surface area contributed by atoms with Gasteiger partial charge in [0, 0.05) is 9.50 Å². The molecule has 0 amide bonds. The van der Waals surface area contributed by atoms with Crippen LogP contribution in [0.1, 0.15) is 22.0 Å². The van der Waals surface area contributed by atoms with Crippen LogP contribution in [0.4, 0.5) is 0 Å². The molecular weight excluding hydrogens is 321 g/mol. The standard InChI is InChI=1S/C11H9BrClN3O2/c1-5-3-7(12)9(4-8(5)13)16-6(2)14-10(15-16)11(17)18/h3-4H,1-2H3,(H,17,18). The molecule has 0 aliphatic rings. The number of carboxylic acid groups (broad SMARTS) is 1. The van der Waals surface area contributed by atoms with Gasteiger partial charge in [-0.05, 0) is 47.5 Å². The molecule has 1 N–H and O–H groups in total. The molecule has 0 saturated carbocycles. The second kappa shape index (κ2) is 4.70. The minimum Gasteiger partial charge on any atom is -0.475 e. The third-order valence-electron chi connectivity index (χ3n) is 2.42. The maximum atomic E-state index is 10.8. The minimum atomic E-state index is -1.16. The molecule has 1 aromatic heterocycles. The molecule has 0 aliphatic heterocycles. The average Bonchev–Trinajstić information content (AvgIpc) is 2.66. The van der Waals surface area contributed by atoms with Crippen molar-refractivity contribution >= 4 is 33.5 Å². The van der Waals surface area contributed by atoms with Crippen molar-refractivity contribution in [3.05, 3.63) is 38.8 Å². The number of aromatic carboxylic acids is 1. The number of aromatic nitrogens is 3. The lowest BCUT2D eigenvalue weighted by Gasteiger charge is -2.08. The maximum Gasteiger partial charge on any atom is 0.375 e. The first-order valence-corrected chi connectivity index (χ1v) is 6.20. The summed E-state index contributed by atoms with van der Waals surface area (Å²) >= 11 is 9.46. The molecule has 5 nitrogen and oxygen atoms in total. The smallest absolute Gasteiger partial charge is 0.375 e. The number of benzene rings is 1. The zero-order valence-electron chi connectivity index (χ0n) is 9.61. The molecule has 2 aromatic rings. The van der Waals surface area contributed by atoms with E-state index in [1.54, 1.807) is 13.0 Å². The summed E-state index contributed by atoms with van der Waals surface area (Å²) in [5, 5.41) is 13.4. The highest BCUT2D eigenvalue weighted by molar-refractivity contribution is 9.10. The minimum absolute atomic E-state index is 0.240. The van der Waals surface area contributed by atoms with Gasteiger partial charge in [-0.3, -0.25) is 0 Å². The molecule has 94 valence electrons. The van der Waals surface area contributed by atoms with E-state index in [1.165, 1.54) is 4.68 Å². The Balaban J connectivity index is 2.62. The summed E-state index contributed by atoms with van der Waals surface area (Å²) in [7, 11) is 0. The Kier molecular flexibility index (Phi) is 3.41. The molecule has 0 atom stereocenters. The van der Waals surface area contributed by atoms with E-state index in [4.69, 9.17) is 16.7 Å². The van der Waals surface area contributed by atoms with E-state index in [1.807, 2.05) is 13.0 Å². The van der Waals surface area contributed by atoms with Crippen LogP contribution in [0.3, 0.4) is 0 Å². The molecule has 0 bridgehead atoms. The first kappa shape index (κ1) is 13.0. The summed E-state index contributed by atoms with van der Waals surface area (Å²) in [4.78, 5) is 14.7. The zero-order valence-corrected chi connectivity index (χ0v) is 11.9. The number of nitrogens with zero attached hydrogens (tertiary/aromatic N) is 3. The van der Waals surface area contributed by atoms with Crippen LogP contribution in [0.25, 0.3) is 5.69 Å². The van der Waals surface area contributed by atoms with Gasteiger partial charge >= 0.3 is 5.97 Å². The lowest BCUT2D eigenvalue weighted by atomic mass is 10.2. The molecule has 1 heterocycles. The van der Waals surface area contributed by atoms with Gasteiger partial charge in [-0.1, -0.05) is 11.6 Å². The van der Waals surface area contributed by atoms with Crippen LogP contribution in [-0.2, 0) is 0 Å². The molecule has 0 fully saturated rings. The first-order chi connectivity index (χ1) is 8.40. The Hall–Kier alpha value is -1.40. The summed E-state index contributed by atoms with van der Waals surface area (Å²) in [5.74, 6) is -0.921. The van der Waals surface area contributed by atoms with Gasteiger partial charge in [0.2, 0.25) is 0 Å². The molecule has 2 rings (SSSR count). The predicted octanol–water partition coefficient (Wildman–Crippen LogP) is 3.00. The van der Waals surface area contributed by atoms with Gasteiger partial charge in [-0.25, -0.2) is 14.5 Å². The number of hydrogen-bond donors (Lipinski definition) is 1. The van der Waals surface area contributed by atoms with Crippen LogP contribution < -0.4 is 0 Å². The third-order valence-corrected chi connectivity index (χ3v) is 3.46. The summed E-state index contributed by atoms with van der Waals surface area (Å²) in [5.41, 5.74) is 1.58. The molecule has 0 saturated heterocycles. The van der Waals surface area contributed by atoms with Crippen molar-refractivity contribution in [2.75, 3.05) is 0 Å². The van der Waals surface area contributed by atoms with Gasteiger partial charge in [0.15, 0.2) is 0 Å². The van der Waals surface area contributed by atoms with Crippen molar-refractivity contribution in [1.82, 2.24) is 14.8 Å². The quantitative estimate of drug-likeness (QED) is 0.919. The van der Waals surface area contributed by atoms with Crippen molar-refractivity contribution in [1.29, 1.82) is 0 Å². The van der Waals surface area contributed by atoms with Crippen LogP contribution in [0, 0.1) is 13.8 Å². The fraction of sp³-hybridized carbons (Fsp3) is 0.182. The SMILES string of the molecule is Cc1cc(Br)c(-n2nc(C(=O)O)nc2C)cc1Cl. The van der Waals surface area contributed by atoms with E-state index < -0.39 is 5.97 Å². The average molecular weight is 331 g/mol. The Morgan fingerprint density at radius 3 is 2.67 bits per heavy atom. The largest absolute Gasteiger partial charge is 0.475 e. The van der Waals surface area contributed by atoms with E-state index in [-0.39, 0.29) is 5.82 Å². The van der Waals surface area contributed by atoms with Crippen molar-refractivity contribution < 1.29 is 9.90 Å². The lowest BCUT2D eigenvalue weighted by Crippen LogP contribution is -2.03. The summed E-state index contributed by atoms with van der Waals surface area (Å²) < 4.78 is 2.22. The maximum absolute atomic E-state index is 10.8. The van der Waals surface area contributed by atoms with Gasteiger partial charge in [0.25, 0.3) is 5.82 Å². The van der Waals surface area contributed by atoms with Crippen molar-refractivity contribution in [3.8, 4) is 5.69 Å². The summed E-state index contributed by atoms with van der Waals surface area (Å²) in [6.45, 7) is 3.56. The van der Waals surface area contributed by atoms with Crippen LogP contribution >= 0.6 is 27.5 Å². The Bertz CT molecular complexity index is 639. The molecule has 7 heteroatoms. The number of halogens is 2. The number of carbonyl (C=O) groups is 1. The van der Waals surface area contributed by atoms with E-state index in [0.29, 0.717) is 16.5 Å². The normalized spacial score (nSPS) is 10.7. The lowest BCUT2D eigenvalue weighted by molar-refractivity contribution is 0.0683. The summed E-state index contributed by atoms with van der Waals surface area (Å²) in [6.07, 6.45) is 0. The first-order valence-electron chi connectivity index (χ1n) is 5.03. The van der Waals surface area contributed by atoms with Crippen molar-refractivity contribution in [2.45, 2.75) is 13.8 Å².